The molecular formula is C24H29IN2O3S. The number of ether oxygens (including phenoxy) is 2. The van der Waals surface area contributed by atoms with Crippen LogP contribution in [0.15, 0.2) is 27.2 Å². The monoisotopic (exact) mass is 552 g/mol. The van der Waals surface area contributed by atoms with Gasteiger partial charge in [-0.05, 0) is 73.0 Å². The Morgan fingerprint density at radius 1 is 1.23 bits per heavy atom. The van der Waals surface area contributed by atoms with Crippen LogP contribution in [0.25, 0.3) is 11.3 Å². The summed E-state index contributed by atoms with van der Waals surface area (Å²) in [6.45, 7) is 6.96. The van der Waals surface area contributed by atoms with Crippen molar-refractivity contribution >= 4 is 40.3 Å². The number of aromatic nitrogens is 1. The van der Waals surface area contributed by atoms with E-state index in [-0.39, 0.29) is 17.4 Å². The smallest absolute Gasteiger partial charge is 0.270 e. The van der Waals surface area contributed by atoms with Gasteiger partial charge >= 0.3 is 0 Å². The van der Waals surface area contributed by atoms with Crippen LogP contribution in [0.4, 0.5) is 0 Å². The third kappa shape index (κ3) is 3.99. The molecule has 0 aliphatic carbocycles. The van der Waals surface area contributed by atoms with E-state index in [0.29, 0.717) is 0 Å². The number of carbonyl (C=O) groups excluding carboxylic acids is 1. The molecule has 2 aliphatic heterocycles. The number of halogens is 1. The van der Waals surface area contributed by atoms with Crippen molar-refractivity contribution < 1.29 is 14.3 Å². The van der Waals surface area contributed by atoms with E-state index < -0.39 is 0 Å². The Kier molecular flexibility index (Phi) is 6.11. The first-order chi connectivity index (χ1) is 14.7. The molecule has 1 aromatic heterocycles. The molecule has 7 heteroatoms. The minimum Gasteiger partial charge on any atom is -0.497 e. The second kappa shape index (κ2) is 8.39. The van der Waals surface area contributed by atoms with Gasteiger partial charge < -0.3 is 18.9 Å². The molecule has 0 spiro atoms. The molecule has 31 heavy (non-hydrogen) atoms. The molecule has 1 amide bonds. The predicted molar refractivity (Wildman–Crippen MR) is 136 cm³/mol. The van der Waals surface area contributed by atoms with Gasteiger partial charge in [0.25, 0.3) is 5.91 Å². The van der Waals surface area contributed by atoms with Crippen LogP contribution in [-0.4, -0.2) is 47.9 Å². The zero-order valence-electron chi connectivity index (χ0n) is 18.9. The number of amides is 1. The number of rotatable bonds is 4. The second-order valence-electron chi connectivity index (χ2n) is 9.02. The summed E-state index contributed by atoms with van der Waals surface area (Å²) in [4.78, 5) is 15.4. The Hall–Kier alpha value is -1.61. The van der Waals surface area contributed by atoms with E-state index in [1.165, 1.54) is 14.0 Å². The molecule has 2 aromatic rings. The number of fused-ring (bicyclic) bond motifs is 3. The van der Waals surface area contributed by atoms with Crippen molar-refractivity contribution in [3.05, 3.63) is 44.0 Å². The number of hydrogen-bond acceptors (Lipinski definition) is 4. The molecule has 2 aliphatic rings. The highest BCUT2D eigenvalue weighted by Crippen LogP contribution is 2.48. The maximum Gasteiger partial charge on any atom is 0.270 e. The van der Waals surface area contributed by atoms with Crippen LogP contribution >= 0.6 is 34.4 Å². The summed E-state index contributed by atoms with van der Waals surface area (Å²) in [5.41, 5.74) is 5.11. The minimum absolute atomic E-state index is 0.0558. The zero-order valence-corrected chi connectivity index (χ0v) is 21.9. The fourth-order valence-corrected chi connectivity index (χ4v) is 6.09. The quantitative estimate of drug-likeness (QED) is 0.457. The zero-order chi connectivity index (χ0) is 22.5. The standard InChI is InChI=1S/C24H29IN2O3S/c1-24(2,3)26(4)23(28)18-12-17(15-10-20(25)31-13-15)22-21-14(7-8-27(18)22)9-16(29-5)11-19(21)30-6/h9-12,15H,7-8,13H2,1-6H3. The van der Waals surface area contributed by atoms with E-state index in [9.17, 15) is 4.79 Å². The van der Waals surface area contributed by atoms with Crippen molar-refractivity contribution in [1.29, 1.82) is 0 Å². The number of benzene rings is 1. The number of aryl methyl sites for hydroxylation is 1. The Morgan fingerprint density at radius 3 is 2.55 bits per heavy atom. The lowest BCUT2D eigenvalue weighted by Crippen LogP contribution is -2.43. The number of hydrogen-bond donors (Lipinski definition) is 0. The highest BCUT2D eigenvalue weighted by molar-refractivity contribution is 14.1. The van der Waals surface area contributed by atoms with Crippen molar-refractivity contribution in [2.75, 3.05) is 27.0 Å². The molecule has 0 bridgehead atoms. The Balaban J connectivity index is 1.95. The van der Waals surface area contributed by atoms with Crippen LogP contribution < -0.4 is 9.47 Å². The molecule has 0 N–H and O–H groups in total. The first-order valence-corrected chi connectivity index (χ1v) is 12.5. The molecule has 0 saturated heterocycles. The second-order valence-corrected chi connectivity index (χ2v) is 12.0. The summed E-state index contributed by atoms with van der Waals surface area (Å²) in [5, 5.41) is 0. The summed E-state index contributed by atoms with van der Waals surface area (Å²) < 4.78 is 14.8. The van der Waals surface area contributed by atoms with Gasteiger partial charge in [-0.3, -0.25) is 4.79 Å². The van der Waals surface area contributed by atoms with Crippen LogP contribution in [0.5, 0.6) is 11.5 Å². The largest absolute Gasteiger partial charge is 0.497 e. The summed E-state index contributed by atoms with van der Waals surface area (Å²) >= 11 is 4.26. The predicted octanol–water partition coefficient (Wildman–Crippen LogP) is 5.71. The number of nitrogens with zero attached hydrogens (tertiary/aromatic N) is 2. The molecule has 3 heterocycles. The lowest BCUT2D eigenvalue weighted by atomic mass is 9.91. The first-order valence-electron chi connectivity index (χ1n) is 10.4. The van der Waals surface area contributed by atoms with Crippen LogP contribution in [0.3, 0.4) is 0 Å². The van der Waals surface area contributed by atoms with E-state index >= 15 is 0 Å². The van der Waals surface area contributed by atoms with Gasteiger partial charge in [-0.1, -0.05) is 6.08 Å². The normalized spacial score (nSPS) is 17.6. The average Bonchev–Trinajstić information content (AvgIpc) is 3.34. The maximum atomic E-state index is 13.6. The Labute approximate surface area is 202 Å². The van der Waals surface area contributed by atoms with Gasteiger partial charge in [-0.2, -0.15) is 0 Å². The van der Waals surface area contributed by atoms with Gasteiger partial charge in [-0.15, -0.1) is 11.8 Å². The third-order valence-corrected chi connectivity index (χ3v) is 8.47. The van der Waals surface area contributed by atoms with Gasteiger partial charge in [0.15, 0.2) is 0 Å². The summed E-state index contributed by atoms with van der Waals surface area (Å²) in [5.74, 6) is 2.91. The van der Waals surface area contributed by atoms with E-state index in [1.807, 2.05) is 29.8 Å². The third-order valence-electron chi connectivity index (χ3n) is 6.24. The van der Waals surface area contributed by atoms with Gasteiger partial charge in [0, 0.05) is 45.3 Å². The van der Waals surface area contributed by atoms with Gasteiger partial charge in [0.1, 0.15) is 17.2 Å². The number of carbonyl (C=O) groups is 1. The number of methoxy groups -OCH3 is 2. The van der Waals surface area contributed by atoms with Crippen molar-refractivity contribution in [2.24, 2.45) is 0 Å². The molecule has 5 nitrogen and oxygen atoms in total. The van der Waals surface area contributed by atoms with Crippen molar-refractivity contribution in [3.8, 4) is 22.8 Å². The Bertz CT molecular complexity index is 1050. The number of allylic oxidation sites excluding steroid dienone is 1. The van der Waals surface area contributed by atoms with E-state index in [2.05, 4.69) is 66.1 Å². The maximum absolute atomic E-state index is 13.6. The summed E-state index contributed by atoms with van der Waals surface area (Å²) in [6.07, 6.45) is 3.14. The molecule has 0 radical (unpaired) electrons. The lowest BCUT2D eigenvalue weighted by molar-refractivity contribution is 0.0644. The summed E-state index contributed by atoms with van der Waals surface area (Å²) in [6, 6.07) is 6.16. The molecule has 166 valence electrons. The molecule has 0 saturated carbocycles. The van der Waals surface area contributed by atoms with E-state index in [0.717, 1.165) is 47.2 Å². The van der Waals surface area contributed by atoms with Crippen molar-refractivity contribution in [1.82, 2.24) is 9.47 Å². The fourth-order valence-electron chi connectivity index (χ4n) is 4.24. The van der Waals surface area contributed by atoms with Crippen LogP contribution in [-0.2, 0) is 13.0 Å². The van der Waals surface area contributed by atoms with Crippen LogP contribution in [0.1, 0.15) is 48.3 Å². The van der Waals surface area contributed by atoms with Gasteiger partial charge in [-0.25, -0.2) is 0 Å². The van der Waals surface area contributed by atoms with Crippen LogP contribution in [0.2, 0.25) is 0 Å². The molecule has 4 rings (SSSR count). The Morgan fingerprint density at radius 2 is 1.97 bits per heavy atom. The highest BCUT2D eigenvalue weighted by Gasteiger charge is 2.34. The first kappa shape index (κ1) is 22.6. The minimum atomic E-state index is -0.252. The topological polar surface area (TPSA) is 43.7 Å². The molecule has 0 fully saturated rings. The summed E-state index contributed by atoms with van der Waals surface area (Å²) in [7, 11) is 5.27. The van der Waals surface area contributed by atoms with E-state index in [4.69, 9.17) is 9.47 Å². The van der Waals surface area contributed by atoms with Gasteiger partial charge in [0.2, 0.25) is 0 Å². The highest BCUT2D eigenvalue weighted by atomic mass is 127. The SMILES string of the molecule is COc1cc2c(c(OC)c1)-c1c(C3C=C(I)SC3)cc(C(=O)N(C)C(C)(C)C)n1CC2. The fraction of sp³-hybridized carbons (Fsp3) is 0.458. The average molecular weight is 552 g/mol. The number of thioether (sulfide) groups is 1. The molecular weight excluding hydrogens is 523 g/mol. The van der Waals surface area contributed by atoms with Crippen molar-refractivity contribution in [3.63, 3.8) is 0 Å². The lowest BCUT2D eigenvalue weighted by Gasteiger charge is -2.33. The van der Waals surface area contributed by atoms with Crippen molar-refractivity contribution in [2.45, 2.75) is 45.2 Å². The van der Waals surface area contributed by atoms with Crippen LogP contribution in [0, 0.1) is 0 Å². The van der Waals surface area contributed by atoms with Gasteiger partial charge in [0.05, 0.1) is 19.9 Å². The van der Waals surface area contributed by atoms with E-state index in [1.54, 1.807) is 14.2 Å². The molecule has 1 unspecified atom stereocenters. The molecule has 1 aromatic carbocycles. The molecule has 1 atom stereocenters.